The normalized spacial score (nSPS) is 23.6. The highest BCUT2D eigenvalue weighted by Gasteiger charge is 2.45. The Morgan fingerprint density at radius 2 is 2.12 bits per heavy atom. The van der Waals surface area contributed by atoms with Gasteiger partial charge in [0.1, 0.15) is 17.1 Å². The monoisotopic (exact) mass is 488 g/mol. The van der Waals surface area contributed by atoms with Gasteiger partial charge in [-0.3, -0.25) is 4.72 Å². The molecule has 2 aliphatic heterocycles. The van der Waals surface area contributed by atoms with Crippen molar-refractivity contribution >= 4 is 21.7 Å². The summed E-state index contributed by atoms with van der Waals surface area (Å²) in [5.74, 6) is 0.271. The summed E-state index contributed by atoms with van der Waals surface area (Å²) in [6.45, 7) is 5.34. The van der Waals surface area contributed by atoms with E-state index in [0.717, 1.165) is 44.1 Å². The number of hydrogen-bond acceptors (Lipinski definition) is 6. The van der Waals surface area contributed by atoms with Crippen LogP contribution in [0.2, 0.25) is 0 Å². The number of carbonyl (C=O) groups excluding carboxylic acids is 1. The van der Waals surface area contributed by atoms with Crippen molar-refractivity contribution < 1.29 is 27.1 Å². The lowest BCUT2D eigenvalue weighted by atomic mass is 9.98. The predicted octanol–water partition coefficient (Wildman–Crippen LogP) is 3.79. The number of rotatable bonds is 7. The fraction of sp³-hybridized carbons (Fsp3) is 0.480. The van der Waals surface area contributed by atoms with Crippen molar-refractivity contribution in [2.75, 3.05) is 38.1 Å². The fourth-order valence-electron chi connectivity index (χ4n) is 5.29. The number of ether oxygens (including phenoxy) is 2. The lowest BCUT2D eigenvalue weighted by molar-refractivity contribution is 0.0596. The van der Waals surface area contributed by atoms with Crippen LogP contribution >= 0.6 is 0 Å². The van der Waals surface area contributed by atoms with Crippen LogP contribution in [-0.4, -0.2) is 52.6 Å². The van der Waals surface area contributed by atoms with E-state index in [-0.39, 0.29) is 22.1 Å². The standard InChI is InChI=1S/C25H29FN2O5S/c1-3-28-9-8-15(13-28)10-16-11-18(26)4-7-22(16)34(30,31)27-21-6-5-19-20-12-17(20)14-33-24(19)23(21)25(29)32-2/h4-7,11,15,17,20,27H,3,8-10,12-14H2,1-2H3/t15-,17+,20+/m0/s1. The molecule has 9 heteroatoms. The van der Waals surface area contributed by atoms with Crippen LogP contribution in [-0.2, 0) is 21.2 Å². The van der Waals surface area contributed by atoms with Gasteiger partial charge in [-0.25, -0.2) is 17.6 Å². The minimum Gasteiger partial charge on any atom is -0.492 e. The highest BCUT2D eigenvalue weighted by molar-refractivity contribution is 7.92. The van der Waals surface area contributed by atoms with Gasteiger partial charge < -0.3 is 14.4 Å². The minimum absolute atomic E-state index is 0.0144. The zero-order chi connectivity index (χ0) is 24.0. The molecule has 1 N–H and O–H groups in total. The van der Waals surface area contributed by atoms with Crippen LogP contribution in [0.1, 0.15) is 47.2 Å². The van der Waals surface area contributed by atoms with Gasteiger partial charge in [-0.1, -0.05) is 13.0 Å². The van der Waals surface area contributed by atoms with E-state index < -0.39 is 21.8 Å². The van der Waals surface area contributed by atoms with Crippen LogP contribution in [0.3, 0.4) is 0 Å². The number of methoxy groups -OCH3 is 1. The number of benzene rings is 2. The molecule has 3 atom stereocenters. The summed E-state index contributed by atoms with van der Waals surface area (Å²) in [5, 5.41) is 0. The number of hydrogen-bond donors (Lipinski definition) is 1. The second-order valence-electron chi connectivity index (χ2n) is 9.42. The van der Waals surface area contributed by atoms with E-state index in [2.05, 4.69) is 16.5 Å². The summed E-state index contributed by atoms with van der Waals surface area (Å²) in [5.41, 5.74) is 1.51. The zero-order valence-corrected chi connectivity index (χ0v) is 20.2. The third-order valence-electron chi connectivity index (χ3n) is 7.22. The lowest BCUT2D eigenvalue weighted by Gasteiger charge is -2.22. The number of anilines is 1. The van der Waals surface area contributed by atoms with Gasteiger partial charge in [0.05, 0.1) is 24.3 Å². The van der Waals surface area contributed by atoms with Gasteiger partial charge in [0, 0.05) is 12.5 Å². The van der Waals surface area contributed by atoms with E-state index in [1.165, 1.54) is 19.2 Å². The SMILES string of the molecule is CCN1CC[C@@H](Cc2cc(F)ccc2S(=O)(=O)Nc2ccc3c(c2C(=O)OC)OC[C@H]2C[C@@H]32)C1. The Bertz CT molecular complexity index is 1230. The van der Waals surface area contributed by atoms with Gasteiger partial charge in [-0.15, -0.1) is 0 Å². The molecule has 2 fully saturated rings. The molecule has 0 amide bonds. The third kappa shape index (κ3) is 4.27. The number of sulfonamides is 1. The van der Waals surface area contributed by atoms with Crippen molar-refractivity contribution in [3.63, 3.8) is 0 Å². The highest BCUT2D eigenvalue weighted by Crippen LogP contribution is 2.55. The van der Waals surface area contributed by atoms with Crippen LogP contribution in [0, 0.1) is 17.7 Å². The summed E-state index contributed by atoms with van der Waals surface area (Å²) >= 11 is 0. The number of nitrogens with one attached hydrogen (secondary N) is 1. The maximum absolute atomic E-state index is 14.1. The summed E-state index contributed by atoms with van der Waals surface area (Å²) < 4.78 is 54.5. The first-order chi connectivity index (χ1) is 16.3. The quantitative estimate of drug-likeness (QED) is 0.597. The fourth-order valence-corrected chi connectivity index (χ4v) is 6.59. The van der Waals surface area contributed by atoms with Crippen LogP contribution in [0.5, 0.6) is 5.75 Å². The van der Waals surface area contributed by atoms with Crippen molar-refractivity contribution in [1.82, 2.24) is 4.90 Å². The molecular formula is C25H29FN2O5S. The second-order valence-corrected chi connectivity index (χ2v) is 11.1. The van der Waals surface area contributed by atoms with Crippen molar-refractivity contribution in [1.29, 1.82) is 0 Å². The van der Waals surface area contributed by atoms with Gasteiger partial charge >= 0.3 is 5.97 Å². The van der Waals surface area contributed by atoms with Crippen molar-refractivity contribution in [3.8, 4) is 5.75 Å². The van der Waals surface area contributed by atoms with Gasteiger partial charge in [-0.2, -0.15) is 0 Å². The minimum atomic E-state index is -4.11. The van der Waals surface area contributed by atoms with Gasteiger partial charge in [0.2, 0.25) is 0 Å². The van der Waals surface area contributed by atoms with Gasteiger partial charge in [-0.05, 0) is 79.6 Å². The predicted molar refractivity (Wildman–Crippen MR) is 125 cm³/mol. The molecule has 5 rings (SSSR count). The molecule has 2 aromatic rings. The van der Waals surface area contributed by atoms with E-state index in [4.69, 9.17) is 9.47 Å². The Hall–Kier alpha value is -2.65. The van der Waals surface area contributed by atoms with E-state index in [1.54, 1.807) is 6.07 Å². The average molecular weight is 489 g/mol. The molecule has 182 valence electrons. The van der Waals surface area contributed by atoms with Gasteiger partial charge in [0.25, 0.3) is 10.0 Å². The Balaban J connectivity index is 1.48. The van der Waals surface area contributed by atoms with Crippen LogP contribution < -0.4 is 9.46 Å². The first kappa shape index (κ1) is 23.1. The van der Waals surface area contributed by atoms with Crippen molar-refractivity contribution in [3.05, 3.63) is 52.8 Å². The van der Waals surface area contributed by atoms with E-state index in [9.17, 15) is 17.6 Å². The van der Waals surface area contributed by atoms with E-state index in [0.29, 0.717) is 36.2 Å². The third-order valence-corrected chi connectivity index (χ3v) is 8.69. The number of esters is 1. The molecule has 3 aliphatic rings. The molecule has 34 heavy (non-hydrogen) atoms. The summed E-state index contributed by atoms with van der Waals surface area (Å²) in [4.78, 5) is 15.0. The second kappa shape index (κ2) is 8.85. The topological polar surface area (TPSA) is 84.9 Å². The first-order valence-corrected chi connectivity index (χ1v) is 13.2. The van der Waals surface area contributed by atoms with Gasteiger partial charge in [0.15, 0.2) is 0 Å². The number of fused-ring (bicyclic) bond motifs is 3. The maximum atomic E-state index is 14.1. The Morgan fingerprint density at radius 1 is 1.29 bits per heavy atom. The van der Waals surface area contributed by atoms with E-state index in [1.807, 2.05) is 6.07 Å². The Morgan fingerprint density at radius 3 is 2.85 bits per heavy atom. The largest absolute Gasteiger partial charge is 0.492 e. The molecule has 0 bridgehead atoms. The molecule has 0 spiro atoms. The smallest absolute Gasteiger partial charge is 0.343 e. The molecular weight excluding hydrogens is 459 g/mol. The average Bonchev–Trinajstić information content (AvgIpc) is 3.48. The van der Waals surface area contributed by atoms with Crippen molar-refractivity contribution in [2.45, 2.75) is 37.0 Å². The summed E-state index contributed by atoms with van der Waals surface area (Å²) in [6, 6.07) is 7.14. The summed E-state index contributed by atoms with van der Waals surface area (Å²) in [7, 11) is -2.86. The number of likely N-dealkylation sites (tertiary alicyclic amines) is 1. The molecule has 1 saturated heterocycles. The maximum Gasteiger partial charge on any atom is 0.343 e. The Kier molecular flexibility index (Phi) is 6.02. The number of carbonyl (C=O) groups is 1. The van der Waals surface area contributed by atoms with E-state index >= 15 is 0 Å². The lowest BCUT2D eigenvalue weighted by Crippen LogP contribution is -2.22. The number of nitrogens with zero attached hydrogens (tertiary/aromatic N) is 1. The van der Waals surface area contributed by atoms with Crippen LogP contribution in [0.15, 0.2) is 35.2 Å². The Labute approximate surface area is 199 Å². The van der Waals surface area contributed by atoms with Crippen LogP contribution in [0.25, 0.3) is 0 Å². The van der Waals surface area contributed by atoms with Crippen LogP contribution in [0.4, 0.5) is 10.1 Å². The molecule has 0 radical (unpaired) electrons. The molecule has 0 aromatic heterocycles. The first-order valence-electron chi connectivity index (χ1n) is 11.7. The van der Waals surface area contributed by atoms with Crippen molar-refractivity contribution in [2.24, 2.45) is 11.8 Å². The molecule has 1 aliphatic carbocycles. The molecule has 2 heterocycles. The summed E-state index contributed by atoms with van der Waals surface area (Å²) in [6.07, 6.45) is 2.40. The molecule has 1 saturated carbocycles. The zero-order valence-electron chi connectivity index (χ0n) is 19.3. The number of halogens is 1. The molecule has 2 aromatic carbocycles. The molecule has 7 nitrogen and oxygen atoms in total. The highest BCUT2D eigenvalue weighted by atomic mass is 32.2. The molecule has 0 unspecified atom stereocenters.